The third-order valence-corrected chi connectivity index (χ3v) is 4.62. The number of rotatable bonds is 11. The summed E-state index contributed by atoms with van der Waals surface area (Å²) in [5.41, 5.74) is 0. The first-order valence-electron chi connectivity index (χ1n) is 9.61. The molecule has 0 radical (unpaired) electrons. The number of nitrogens with zero attached hydrogens (tertiary/aromatic N) is 3. The first kappa shape index (κ1) is 24.9. The van der Waals surface area contributed by atoms with Gasteiger partial charge in [-0.25, -0.2) is 0 Å². The summed E-state index contributed by atoms with van der Waals surface area (Å²) in [7, 11) is 3.86. The molecule has 150 valence electrons. The molecule has 25 heavy (non-hydrogen) atoms. The lowest BCUT2D eigenvalue weighted by atomic mass is 10.0. The van der Waals surface area contributed by atoms with Crippen molar-refractivity contribution >= 4 is 29.9 Å². The van der Waals surface area contributed by atoms with Crippen molar-refractivity contribution in [2.75, 3.05) is 66.6 Å². The van der Waals surface area contributed by atoms with E-state index < -0.39 is 0 Å². The Morgan fingerprint density at radius 1 is 1.28 bits per heavy atom. The smallest absolute Gasteiger partial charge is 0.191 e. The molecule has 1 heterocycles. The minimum Gasteiger partial charge on any atom is -0.383 e. The highest BCUT2D eigenvalue weighted by Crippen LogP contribution is 2.16. The molecular formula is C18H40IN5O. The maximum atomic E-state index is 5.10. The summed E-state index contributed by atoms with van der Waals surface area (Å²) >= 11 is 0. The minimum atomic E-state index is 0. The zero-order chi connectivity index (χ0) is 17.6. The van der Waals surface area contributed by atoms with E-state index in [-0.39, 0.29) is 24.0 Å². The maximum Gasteiger partial charge on any atom is 0.191 e. The number of aliphatic imine (C=N–C) groups is 1. The van der Waals surface area contributed by atoms with Gasteiger partial charge in [-0.05, 0) is 46.7 Å². The molecule has 1 rings (SSSR count). The highest BCUT2D eigenvalue weighted by atomic mass is 127. The van der Waals surface area contributed by atoms with Gasteiger partial charge < -0.3 is 25.2 Å². The fraction of sp³-hybridized carbons (Fsp3) is 0.944. The van der Waals surface area contributed by atoms with Crippen LogP contribution in [0.15, 0.2) is 4.99 Å². The van der Waals surface area contributed by atoms with Crippen molar-refractivity contribution in [3.05, 3.63) is 0 Å². The van der Waals surface area contributed by atoms with Crippen molar-refractivity contribution in [3.63, 3.8) is 0 Å². The summed E-state index contributed by atoms with van der Waals surface area (Å²) in [4.78, 5) is 9.58. The molecule has 1 fully saturated rings. The quantitative estimate of drug-likeness (QED) is 0.210. The number of nitrogens with one attached hydrogen (secondary N) is 2. The number of likely N-dealkylation sites (tertiary alicyclic amines) is 1. The summed E-state index contributed by atoms with van der Waals surface area (Å²) < 4.78 is 5.10. The number of likely N-dealkylation sites (N-methyl/N-ethyl adjacent to an activating group) is 1. The second-order valence-corrected chi connectivity index (χ2v) is 6.72. The normalized spacial score (nSPS) is 18.9. The molecule has 0 saturated carbocycles. The van der Waals surface area contributed by atoms with E-state index in [1.165, 1.54) is 32.4 Å². The van der Waals surface area contributed by atoms with Crippen LogP contribution in [0.5, 0.6) is 0 Å². The van der Waals surface area contributed by atoms with Gasteiger partial charge in [-0.1, -0.05) is 6.42 Å². The molecule has 0 aromatic rings. The van der Waals surface area contributed by atoms with E-state index in [0.29, 0.717) is 0 Å². The Balaban J connectivity index is 0.00000576. The van der Waals surface area contributed by atoms with Crippen LogP contribution in [0.2, 0.25) is 0 Å². The van der Waals surface area contributed by atoms with E-state index in [0.717, 1.165) is 57.8 Å². The molecule has 1 unspecified atom stereocenters. The first-order chi connectivity index (χ1) is 11.7. The van der Waals surface area contributed by atoms with Gasteiger partial charge >= 0.3 is 0 Å². The molecule has 0 bridgehead atoms. The monoisotopic (exact) mass is 469 g/mol. The first-order valence-corrected chi connectivity index (χ1v) is 9.61. The Morgan fingerprint density at radius 3 is 2.76 bits per heavy atom. The van der Waals surface area contributed by atoms with Crippen molar-refractivity contribution < 1.29 is 4.74 Å². The van der Waals surface area contributed by atoms with Gasteiger partial charge in [0.1, 0.15) is 0 Å². The molecule has 1 atom stereocenters. The molecule has 1 aliphatic rings. The maximum absolute atomic E-state index is 5.10. The minimum absolute atomic E-state index is 0. The molecule has 7 heteroatoms. The van der Waals surface area contributed by atoms with E-state index in [1.807, 2.05) is 0 Å². The fourth-order valence-electron chi connectivity index (χ4n) is 3.02. The van der Waals surface area contributed by atoms with Crippen LogP contribution in [0, 0.1) is 0 Å². The second kappa shape index (κ2) is 16.1. The Morgan fingerprint density at radius 2 is 2.08 bits per heavy atom. The largest absolute Gasteiger partial charge is 0.383 e. The second-order valence-electron chi connectivity index (χ2n) is 6.72. The zero-order valence-electron chi connectivity index (χ0n) is 16.7. The number of guanidine groups is 1. The number of piperidine rings is 1. The van der Waals surface area contributed by atoms with Crippen molar-refractivity contribution in [2.24, 2.45) is 4.99 Å². The molecule has 0 amide bonds. The summed E-state index contributed by atoms with van der Waals surface area (Å²) in [6, 6.07) is 0.747. The van der Waals surface area contributed by atoms with Gasteiger partial charge in [0.15, 0.2) is 5.96 Å². The van der Waals surface area contributed by atoms with E-state index in [4.69, 9.17) is 9.73 Å². The molecule has 1 saturated heterocycles. The Kier molecular flexibility index (Phi) is 16.0. The lowest BCUT2D eigenvalue weighted by Gasteiger charge is -2.33. The SMILES string of the molecule is CCNC(=NCCCN1CCCCC1C)NCCN(C)CCOC.I. The molecule has 0 aliphatic carbocycles. The van der Waals surface area contributed by atoms with Crippen LogP contribution < -0.4 is 10.6 Å². The van der Waals surface area contributed by atoms with Crippen LogP contribution in [0.1, 0.15) is 39.5 Å². The topological polar surface area (TPSA) is 52.1 Å². The third-order valence-electron chi connectivity index (χ3n) is 4.62. The summed E-state index contributed by atoms with van der Waals surface area (Å²) in [5, 5.41) is 6.75. The van der Waals surface area contributed by atoms with Crippen molar-refractivity contribution in [3.8, 4) is 0 Å². The Labute approximate surface area is 172 Å². The predicted octanol–water partition coefficient (Wildman–Crippen LogP) is 2.00. The number of ether oxygens (including phenoxy) is 1. The van der Waals surface area contributed by atoms with E-state index in [9.17, 15) is 0 Å². The van der Waals surface area contributed by atoms with Gasteiger partial charge in [0.05, 0.1) is 6.61 Å². The number of methoxy groups -OCH3 is 1. The number of halogens is 1. The van der Waals surface area contributed by atoms with Gasteiger partial charge in [0, 0.05) is 52.4 Å². The van der Waals surface area contributed by atoms with Gasteiger partial charge in [-0.15, -0.1) is 24.0 Å². The molecule has 2 N–H and O–H groups in total. The number of hydrogen-bond acceptors (Lipinski definition) is 4. The van der Waals surface area contributed by atoms with Crippen molar-refractivity contribution in [1.82, 2.24) is 20.4 Å². The predicted molar refractivity (Wildman–Crippen MR) is 118 cm³/mol. The van der Waals surface area contributed by atoms with Gasteiger partial charge in [-0.2, -0.15) is 0 Å². The third kappa shape index (κ3) is 12.0. The van der Waals surface area contributed by atoms with Crippen molar-refractivity contribution in [2.45, 2.75) is 45.6 Å². The average molecular weight is 469 g/mol. The molecule has 0 aromatic heterocycles. The highest BCUT2D eigenvalue weighted by Gasteiger charge is 2.16. The van der Waals surface area contributed by atoms with Gasteiger partial charge in [0.2, 0.25) is 0 Å². The van der Waals surface area contributed by atoms with Crippen molar-refractivity contribution in [1.29, 1.82) is 0 Å². The summed E-state index contributed by atoms with van der Waals surface area (Å²) in [5.74, 6) is 0.935. The Bertz CT molecular complexity index is 343. The highest BCUT2D eigenvalue weighted by molar-refractivity contribution is 14.0. The molecule has 1 aliphatic heterocycles. The van der Waals surface area contributed by atoms with Gasteiger partial charge in [0.25, 0.3) is 0 Å². The molecule has 6 nitrogen and oxygen atoms in total. The number of hydrogen-bond donors (Lipinski definition) is 2. The lowest BCUT2D eigenvalue weighted by molar-refractivity contribution is 0.160. The summed E-state index contributed by atoms with van der Waals surface area (Å²) in [6.07, 6.45) is 5.23. The van der Waals surface area contributed by atoms with Crippen LogP contribution in [0.4, 0.5) is 0 Å². The molecule has 0 spiro atoms. The average Bonchev–Trinajstić information content (AvgIpc) is 2.58. The summed E-state index contributed by atoms with van der Waals surface area (Å²) in [6.45, 7) is 12.3. The lowest BCUT2D eigenvalue weighted by Crippen LogP contribution is -2.41. The standard InChI is InChI=1S/C18H39N5O.HI/c1-5-19-18(21-11-14-22(3)15-16-24-4)20-10-8-13-23-12-7-6-9-17(23)2;/h17H,5-16H2,1-4H3,(H2,19,20,21);1H. The van der Waals surface area contributed by atoms with E-state index in [2.05, 4.69) is 41.3 Å². The van der Waals surface area contributed by atoms with Crippen LogP contribution in [0.25, 0.3) is 0 Å². The van der Waals surface area contributed by atoms with Gasteiger partial charge in [-0.3, -0.25) is 4.99 Å². The molecular weight excluding hydrogens is 429 g/mol. The van der Waals surface area contributed by atoms with E-state index in [1.54, 1.807) is 7.11 Å². The van der Waals surface area contributed by atoms with Crippen LogP contribution >= 0.6 is 24.0 Å². The zero-order valence-corrected chi connectivity index (χ0v) is 19.1. The molecule has 0 aromatic carbocycles. The van der Waals surface area contributed by atoms with Crippen LogP contribution in [0.3, 0.4) is 0 Å². The fourth-order valence-corrected chi connectivity index (χ4v) is 3.02. The van der Waals surface area contributed by atoms with Crippen LogP contribution in [-0.4, -0.2) is 88.4 Å². The van der Waals surface area contributed by atoms with E-state index >= 15 is 0 Å². The van der Waals surface area contributed by atoms with Crippen LogP contribution in [-0.2, 0) is 4.74 Å². The Hall–Kier alpha value is -0.120.